The smallest absolute Gasteiger partial charge is 0.203 e. The third kappa shape index (κ3) is 42.0. The quantitative estimate of drug-likeness (QED) is 0.0610. The highest BCUT2D eigenvalue weighted by Gasteiger charge is 2.15. The van der Waals surface area contributed by atoms with E-state index < -0.39 is 0 Å². The van der Waals surface area contributed by atoms with Crippen molar-refractivity contribution in [3.05, 3.63) is 17.7 Å². The number of aryl methyl sites for hydroxylation is 1. The van der Waals surface area contributed by atoms with Crippen LogP contribution in [0.2, 0.25) is 0 Å². The van der Waals surface area contributed by atoms with Crippen molar-refractivity contribution in [1.29, 1.82) is 0 Å². The molecule has 378 valence electrons. The molecule has 0 fully saturated rings. The van der Waals surface area contributed by atoms with E-state index in [1.807, 2.05) is 0 Å². The monoisotopic (exact) mass is 897 g/mol. The van der Waals surface area contributed by atoms with Gasteiger partial charge in [-0.3, -0.25) is 0 Å². The van der Waals surface area contributed by atoms with E-state index in [0.717, 1.165) is 56.3 Å². The van der Waals surface area contributed by atoms with Gasteiger partial charge in [-0.25, -0.2) is 0 Å². The standard InChI is InChI=1S/C61H116O3/c1-5-8-11-14-17-20-23-26-29-32-35-38-41-44-47-50-53-62-59-56-58(4)57-60(63-54-51-48-45-42-39-36-33-30-27-24-21-18-15-12-9-6-2)61(59)64-55-52-49-46-43-40-37-34-31-28-25-22-19-16-13-10-7-3/h56-57H,5-55H2,1-4H3. The van der Waals surface area contributed by atoms with Crippen LogP contribution in [0.15, 0.2) is 12.1 Å². The minimum atomic E-state index is 0.742. The summed E-state index contributed by atoms with van der Waals surface area (Å²) in [5.41, 5.74) is 1.19. The minimum absolute atomic E-state index is 0.742. The lowest BCUT2D eigenvalue weighted by Gasteiger charge is -2.18. The summed E-state index contributed by atoms with van der Waals surface area (Å²) in [6, 6.07) is 4.35. The number of unbranched alkanes of at least 4 members (excludes halogenated alkanes) is 45. The van der Waals surface area contributed by atoms with Crippen LogP contribution in [0.3, 0.4) is 0 Å². The molecule has 1 aromatic carbocycles. The lowest BCUT2D eigenvalue weighted by Crippen LogP contribution is -2.06. The van der Waals surface area contributed by atoms with Crippen molar-refractivity contribution in [3.63, 3.8) is 0 Å². The van der Waals surface area contributed by atoms with Gasteiger partial charge < -0.3 is 14.2 Å². The molecular formula is C61H116O3. The molecule has 0 spiro atoms. The number of hydrogen-bond donors (Lipinski definition) is 0. The van der Waals surface area contributed by atoms with Gasteiger partial charge in [0.05, 0.1) is 19.8 Å². The largest absolute Gasteiger partial charge is 0.490 e. The van der Waals surface area contributed by atoms with Crippen molar-refractivity contribution < 1.29 is 14.2 Å². The number of benzene rings is 1. The zero-order valence-corrected chi connectivity index (χ0v) is 44.4. The molecule has 3 nitrogen and oxygen atoms in total. The van der Waals surface area contributed by atoms with Crippen molar-refractivity contribution in [2.75, 3.05) is 19.8 Å². The molecule has 0 heterocycles. The normalized spacial score (nSPS) is 11.5. The van der Waals surface area contributed by atoms with E-state index >= 15 is 0 Å². The summed E-state index contributed by atoms with van der Waals surface area (Å²) in [5.74, 6) is 2.62. The van der Waals surface area contributed by atoms with Gasteiger partial charge in [0.25, 0.3) is 0 Å². The molecule has 0 saturated carbocycles. The second kappa shape index (κ2) is 51.0. The topological polar surface area (TPSA) is 27.7 Å². The molecule has 0 N–H and O–H groups in total. The van der Waals surface area contributed by atoms with E-state index in [-0.39, 0.29) is 0 Å². The molecule has 0 saturated heterocycles. The zero-order valence-electron chi connectivity index (χ0n) is 44.4. The Morgan fingerprint density at radius 3 is 0.609 bits per heavy atom. The highest BCUT2D eigenvalue weighted by Crippen LogP contribution is 2.39. The van der Waals surface area contributed by atoms with E-state index in [1.165, 1.54) is 295 Å². The molecule has 1 aromatic rings. The summed E-state index contributed by atoms with van der Waals surface area (Å²) < 4.78 is 19.5. The summed E-state index contributed by atoms with van der Waals surface area (Å²) in [6.07, 6.45) is 66.6. The third-order valence-electron chi connectivity index (χ3n) is 13.9. The molecular weight excluding hydrogens is 781 g/mol. The molecule has 0 radical (unpaired) electrons. The highest BCUT2D eigenvalue weighted by atomic mass is 16.5. The van der Waals surface area contributed by atoms with Crippen molar-refractivity contribution >= 4 is 0 Å². The second-order valence-corrected chi connectivity index (χ2v) is 20.5. The van der Waals surface area contributed by atoms with Gasteiger partial charge in [0.2, 0.25) is 5.75 Å². The van der Waals surface area contributed by atoms with Gasteiger partial charge >= 0.3 is 0 Å². The van der Waals surface area contributed by atoms with Crippen LogP contribution in [-0.2, 0) is 0 Å². The molecule has 0 atom stereocenters. The molecule has 0 aliphatic rings. The molecule has 0 unspecified atom stereocenters. The molecule has 1 rings (SSSR count). The van der Waals surface area contributed by atoms with Gasteiger partial charge in [0.1, 0.15) is 0 Å². The van der Waals surface area contributed by atoms with E-state index in [2.05, 4.69) is 39.8 Å². The van der Waals surface area contributed by atoms with Crippen LogP contribution in [0.5, 0.6) is 17.2 Å². The SMILES string of the molecule is CCCCCCCCCCCCCCCCCCOc1cc(C)cc(OCCCCCCCCCCCCCCCCCC)c1OCCCCCCCCCCCCCCCCCC. The molecule has 0 aliphatic carbocycles. The van der Waals surface area contributed by atoms with Gasteiger partial charge in [-0.2, -0.15) is 0 Å². The number of ether oxygens (including phenoxy) is 3. The Hall–Kier alpha value is -1.38. The summed E-state index contributed by atoms with van der Waals surface area (Å²) in [5, 5.41) is 0. The average Bonchev–Trinajstić information content (AvgIpc) is 3.30. The Balaban J connectivity index is 2.35. The Morgan fingerprint density at radius 2 is 0.406 bits per heavy atom. The Kier molecular flexibility index (Phi) is 48.3. The molecule has 0 aliphatic heterocycles. The van der Waals surface area contributed by atoms with Crippen LogP contribution < -0.4 is 14.2 Å². The Morgan fingerprint density at radius 1 is 0.234 bits per heavy atom. The molecule has 0 bridgehead atoms. The fourth-order valence-electron chi connectivity index (χ4n) is 9.55. The summed E-state index contributed by atoms with van der Waals surface area (Å²) in [6.45, 7) is 11.4. The fourth-order valence-corrected chi connectivity index (χ4v) is 9.55. The van der Waals surface area contributed by atoms with Crippen LogP contribution in [0.4, 0.5) is 0 Å². The first kappa shape index (κ1) is 60.6. The maximum Gasteiger partial charge on any atom is 0.203 e. The maximum atomic E-state index is 6.56. The van der Waals surface area contributed by atoms with Gasteiger partial charge in [-0.15, -0.1) is 0 Å². The lowest BCUT2D eigenvalue weighted by atomic mass is 10.0. The summed E-state index contributed by atoms with van der Waals surface area (Å²) >= 11 is 0. The van der Waals surface area contributed by atoms with Crippen LogP contribution in [-0.4, -0.2) is 19.8 Å². The zero-order chi connectivity index (χ0) is 45.9. The number of rotatable bonds is 54. The third-order valence-corrected chi connectivity index (χ3v) is 13.9. The first-order chi connectivity index (χ1) is 31.7. The maximum absolute atomic E-state index is 6.56. The molecule has 0 amide bonds. The van der Waals surface area contributed by atoms with Crippen LogP contribution in [0, 0.1) is 6.92 Å². The molecule has 3 heteroatoms. The lowest BCUT2D eigenvalue weighted by molar-refractivity contribution is 0.234. The first-order valence-electron chi connectivity index (χ1n) is 29.8. The molecule has 64 heavy (non-hydrogen) atoms. The highest BCUT2D eigenvalue weighted by molar-refractivity contribution is 5.53. The van der Waals surface area contributed by atoms with Crippen molar-refractivity contribution in [2.24, 2.45) is 0 Å². The van der Waals surface area contributed by atoms with Crippen LogP contribution >= 0.6 is 0 Å². The van der Waals surface area contributed by atoms with E-state index in [0.29, 0.717) is 0 Å². The van der Waals surface area contributed by atoms with Crippen LogP contribution in [0.1, 0.15) is 335 Å². The Labute approximate surface area is 403 Å². The van der Waals surface area contributed by atoms with E-state index in [1.54, 1.807) is 0 Å². The predicted octanol–water partition coefficient (Wildman–Crippen LogP) is 21.9. The summed E-state index contributed by atoms with van der Waals surface area (Å²) in [4.78, 5) is 0. The van der Waals surface area contributed by atoms with Crippen LogP contribution in [0.25, 0.3) is 0 Å². The van der Waals surface area contributed by atoms with E-state index in [9.17, 15) is 0 Å². The summed E-state index contributed by atoms with van der Waals surface area (Å²) in [7, 11) is 0. The van der Waals surface area contributed by atoms with E-state index in [4.69, 9.17) is 14.2 Å². The molecule has 0 aromatic heterocycles. The van der Waals surface area contributed by atoms with Gasteiger partial charge in [0, 0.05) is 0 Å². The van der Waals surface area contributed by atoms with Crippen molar-refractivity contribution in [1.82, 2.24) is 0 Å². The van der Waals surface area contributed by atoms with Gasteiger partial charge in [0.15, 0.2) is 11.5 Å². The second-order valence-electron chi connectivity index (χ2n) is 20.5. The Bertz CT molecular complexity index is 977. The number of hydrogen-bond acceptors (Lipinski definition) is 3. The van der Waals surface area contributed by atoms with Crippen molar-refractivity contribution in [3.8, 4) is 17.2 Å². The van der Waals surface area contributed by atoms with Crippen molar-refractivity contribution in [2.45, 2.75) is 336 Å². The minimum Gasteiger partial charge on any atom is -0.490 e. The van der Waals surface area contributed by atoms with Gasteiger partial charge in [-0.05, 0) is 43.9 Å². The van der Waals surface area contributed by atoms with Gasteiger partial charge in [-0.1, -0.05) is 310 Å². The first-order valence-corrected chi connectivity index (χ1v) is 29.8. The fraction of sp³-hybridized carbons (Fsp3) is 0.902. The predicted molar refractivity (Wildman–Crippen MR) is 286 cm³/mol. The average molecular weight is 898 g/mol.